The van der Waals surface area contributed by atoms with Gasteiger partial charge in [-0.15, -0.1) is 0 Å². The van der Waals surface area contributed by atoms with Crippen LogP contribution < -0.4 is 0 Å². The number of hydrogen-bond donors (Lipinski definition) is 0. The lowest BCUT2D eigenvalue weighted by atomic mass is 10.2. The van der Waals surface area contributed by atoms with Crippen LogP contribution in [-0.4, -0.2) is 28.8 Å². The zero-order valence-corrected chi connectivity index (χ0v) is 14.4. The molecular formula is C14H18BrNO3S. The Bertz CT molecular complexity index is 500. The van der Waals surface area contributed by atoms with Crippen molar-refractivity contribution in [3.8, 4) is 0 Å². The maximum atomic E-state index is 12.1. The second kappa shape index (κ2) is 7.13. The van der Waals surface area contributed by atoms with E-state index in [1.807, 2.05) is 33.8 Å². The van der Waals surface area contributed by atoms with E-state index in [2.05, 4.69) is 15.9 Å². The van der Waals surface area contributed by atoms with Crippen molar-refractivity contribution >= 4 is 40.3 Å². The molecular weight excluding hydrogens is 342 g/mol. The molecule has 0 atom stereocenters. The van der Waals surface area contributed by atoms with E-state index in [0.717, 1.165) is 6.29 Å². The molecule has 6 heteroatoms. The molecule has 0 bridgehead atoms. The number of amides is 1. The molecule has 0 saturated heterocycles. The molecule has 110 valence electrons. The van der Waals surface area contributed by atoms with Gasteiger partial charge in [-0.3, -0.25) is 4.79 Å². The second-order valence-electron chi connectivity index (χ2n) is 5.04. The fourth-order valence-corrected chi connectivity index (χ4v) is 2.84. The first-order chi connectivity index (χ1) is 9.28. The van der Waals surface area contributed by atoms with Crippen LogP contribution in [0.15, 0.2) is 27.6 Å². The second-order valence-corrected chi connectivity index (χ2v) is 6.95. The summed E-state index contributed by atoms with van der Waals surface area (Å²) < 4.78 is 7.53. The Morgan fingerprint density at radius 2 is 2.10 bits per heavy atom. The van der Waals surface area contributed by atoms with Crippen molar-refractivity contribution in [1.29, 1.82) is 0 Å². The van der Waals surface area contributed by atoms with Gasteiger partial charge in [-0.05, 0) is 51.8 Å². The number of nitrogens with zero attached hydrogens (tertiary/aromatic N) is 1. The van der Waals surface area contributed by atoms with Gasteiger partial charge in [-0.25, -0.2) is 9.10 Å². The first-order valence-corrected chi connectivity index (χ1v) is 7.77. The van der Waals surface area contributed by atoms with Crippen molar-refractivity contribution in [2.45, 2.75) is 38.2 Å². The highest BCUT2D eigenvalue weighted by molar-refractivity contribution is 9.10. The van der Waals surface area contributed by atoms with Crippen molar-refractivity contribution in [2.75, 3.05) is 6.54 Å². The third-order valence-electron chi connectivity index (χ3n) is 2.22. The number of halogens is 1. The highest BCUT2D eigenvalue weighted by Gasteiger charge is 2.23. The molecule has 0 aliphatic heterocycles. The van der Waals surface area contributed by atoms with Gasteiger partial charge in [0.15, 0.2) is 6.29 Å². The minimum Gasteiger partial charge on any atom is -0.443 e. The van der Waals surface area contributed by atoms with Gasteiger partial charge in [0, 0.05) is 21.5 Å². The van der Waals surface area contributed by atoms with Crippen molar-refractivity contribution in [3.05, 3.63) is 28.2 Å². The summed E-state index contributed by atoms with van der Waals surface area (Å²) in [5.41, 5.74) is -0.0185. The number of carbonyl (C=O) groups excluding carboxylic acids is 2. The zero-order chi connectivity index (χ0) is 15.3. The lowest BCUT2D eigenvalue weighted by molar-refractivity contribution is 0.0411. The molecule has 0 saturated carbocycles. The van der Waals surface area contributed by atoms with Crippen molar-refractivity contribution < 1.29 is 14.3 Å². The summed E-state index contributed by atoms with van der Waals surface area (Å²) in [4.78, 5) is 23.9. The Balaban J connectivity index is 2.92. The van der Waals surface area contributed by atoms with Crippen LogP contribution in [0.3, 0.4) is 0 Å². The molecule has 0 unspecified atom stereocenters. The molecule has 1 rings (SSSR count). The van der Waals surface area contributed by atoms with Crippen LogP contribution in [0.1, 0.15) is 38.1 Å². The Hall–Kier alpha value is -1.01. The Labute approximate surface area is 132 Å². The Kier molecular flexibility index (Phi) is 6.07. The maximum absolute atomic E-state index is 12.1. The monoisotopic (exact) mass is 359 g/mol. The van der Waals surface area contributed by atoms with Crippen LogP contribution >= 0.6 is 27.9 Å². The average molecular weight is 360 g/mol. The number of benzene rings is 1. The van der Waals surface area contributed by atoms with Gasteiger partial charge in [0.1, 0.15) is 5.60 Å². The summed E-state index contributed by atoms with van der Waals surface area (Å²) in [7, 11) is 0. The maximum Gasteiger partial charge on any atom is 0.420 e. The summed E-state index contributed by atoms with van der Waals surface area (Å²) in [5, 5.41) is 0. The quantitative estimate of drug-likeness (QED) is 0.585. The zero-order valence-electron chi connectivity index (χ0n) is 12.0. The summed E-state index contributed by atoms with van der Waals surface area (Å²) in [6.07, 6.45) is 0.358. The van der Waals surface area contributed by atoms with Crippen molar-refractivity contribution in [1.82, 2.24) is 4.31 Å². The summed E-state index contributed by atoms with van der Waals surface area (Å²) in [6.45, 7) is 7.79. The first-order valence-electron chi connectivity index (χ1n) is 6.20. The van der Waals surface area contributed by atoms with Crippen LogP contribution in [-0.2, 0) is 4.74 Å². The van der Waals surface area contributed by atoms with Crippen LogP contribution in [0.4, 0.5) is 4.79 Å². The van der Waals surface area contributed by atoms with Crippen LogP contribution in [0, 0.1) is 0 Å². The van der Waals surface area contributed by atoms with E-state index in [-0.39, 0.29) is 0 Å². The topological polar surface area (TPSA) is 46.6 Å². The smallest absolute Gasteiger partial charge is 0.420 e. The number of carbonyl (C=O) groups is 2. The fourth-order valence-electron chi connectivity index (χ4n) is 1.37. The molecule has 1 aromatic carbocycles. The van der Waals surface area contributed by atoms with E-state index >= 15 is 0 Å². The lowest BCUT2D eigenvalue weighted by Gasteiger charge is -2.25. The van der Waals surface area contributed by atoms with Gasteiger partial charge in [-0.2, -0.15) is 0 Å². The van der Waals surface area contributed by atoms with Crippen LogP contribution in [0.5, 0.6) is 0 Å². The predicted octanol–water partition coefficient (Wildman–Crippen LogP) is 4.53. The van der Waals surface area contributed by atoms with E-state index in [4.69, 9.17) is 4.74 Å². The Morgan fingerprint density at radius 1 is 1.45 bits per heavy atom. The summed E-state index contributed by atoms with van der Waals surface area (Å²) in [5.74, 6) is 0. The third kappa shape index (κ3) is 4.83. The molecule has 0 heterocycles. The molecule has 20 heavy (non-hydrogen) atoms. The highest BCUT2D eigenvalue weighted by Crippen LogP contribution is 2.30. The Morgan fingerprint density at radius 3 is 2.60 bits per heavy atom. The average Bonchev–Trinajstić information content (AvgIpc) is 2.33. The molecule has 1 amide bonds. The van der Waals surface area contributed by atoms with Crippen molar-refractivity contribution in [2.24, 2.45) is 0 Å². The van der Waals surface area contributed by atoms with E-state index in [9.17, 15) is 9.59 Å². The molecule has 0 radical (unpaired) electrons. The lowest BCUT2D eigenvalue weighted by Crippen LogP contribution is -2.32. The molecule has 0 aromatic heterocycles. The van der Waals surface area contributed by atoms with E-state index in [1.165, 1.54) is 16.3 Å². The summed E-state index contributed by atoms with van der Waals surface area (Å²) >= 11 is 4.53. The van der Waals surface area contributed by atoms with Crippen LogP contribution in [0.2, 0.25) is 0 Å². The molecule has 4 nitrogen and oxygen atoms in total. The molecule has 1 aromatic rings. The largest absolute Gasteiger partial charge is 0.443 e. The van der Waals surface area contributed by atoms with E-state index in [0.29, 0.717) is 21.5 Å². The van der Waals surface area contributed by atoms with E-state index < -0.39 is 11.7 Å². The van der Waals surface area contributed by atoms with E-state index in [1.54, 1.807) is 12.1 Å². The molecule has 0 fully saturated rings. The standard InChI is InChI=1S/C14H18BrNO3S/c1-5-16(13(18)19-14(2,3)4)20-12-8-6-7-11(15)10(12)9-17/h6-9H,5H2,1-4H3. The van der Waals surface area contributed by atoms with Gasteiger partial charge in [-0.1, -0.05) is 22.0 Å². The first kappa shape index (κ1) is 17.0. The minimum atomic E-state index is -0.546. The van der Waals surface area contributed by atoms with Gasteiger partial charge in [0.25, 0.3) is 0 Å². The number of rotatable bonds is 4. The highest BCUT2D eigenvalue weighted by atomic mass is 79.9. The fraction of sp³-hybridized carbons (Fsp3) is 0.429. The third-order valence-corrected chi connectivity index (χ3v) is 4.10. The molecule has 0 aliphatic rings. The van der Waals surface area contributed by atoms with Gasteiger partial charge in [0.2, 0.25) is 0 Å². The minimum absolute atomic E-state index is 0.415. The molecule has 0 aliphatic carbocycles. The number of aldehydes is 1. The van der Waals surface area contributed by atoms with Crippen molar-refractivity contribution in [3.63, 3.8) is 0 Å². The molecule has 0 spiro atoms. The van der Waals surface area contributed by atoms with Gasteiger partial charge in [0.05, 0.1) is 0 Å². The van der Waals surface area contributed by atoms with Crippen LogP contribution in [0.25, 0.3) is 0 Å². The number of ether oxygens (including phenoxy) is 1. The van der Waals surface area contributed by atoms with Gasteiger partial charge < -0.3 is 4.74 Å². The summed E-state index contributed by atoms with van der Waals surface area (Å²) in [6, 6.07) is 5.41. The predicted molar refractivity (Wildman–Crippen MR) is 84.0 cm³/mol. The number of hydrogen-bond acceptors (Lipinski definition) is 4. The SMILES string of the molecule is CCN(Sc1cccc(Br)c1C=O)C(=O)OC(C)(C)C. The molecule has 0 N–H and O–H groups in total. The normalized spacial score (nSPS) is 11.1. The van der Waals surface area contributed by atoms with Gasteiger partial charge >= 0.3 is 6.09 Å².